The molecule has 166 valence electrons. The highest BCUT2D eigenvalue weighted by atomic mass is 16.6. The van der Waals surface area contributed by atoms with Crippen molar-refractivity contribution < 1.29 is 28.6 Å². The number of ether oxygens (including phenoxy) is 3. The number of carbonyl (C=O) groups excluding carboxylic acids is 3. The zero-order chi connectivity index (χ0) is 22.1. The monoisotopic (exact) mass is 421 g/mol. The number of methoxy groups -OCH3 is 1. The number of alkyl carbamates (subject to hydrolysis) is 2. The van der Waals surface area contributed by atoms with Crippen LogP contribution in [-0.4, -0.2) is 67.5 Å². The molecule has 2 atom stereocenters. The van der Waals surface area contributed by atoms with Gasteiger partial charge < -0.3 is 29.7 Å². The minimum Gasteiger partial charge on any atom is -0.445 e. The van der Waals surface area contributed by atoms with Crippen LogP contribution in [0.1, 0.15) is 32.8 Å². The molecule has 2 N–H and O–H groups in total. The van der Waals surface area contributed by atoms with Crippen molar-refractivity contribution in [2.75, 3.05) is 26.8 Å². The van der Waals surface area contributed by atoms with Gasteiger partial charge in [0.1, 0.15) is 18.8 Å². The Balaban J connectivity index is 1.98. The molecule has 1 heterocycles. The fraction of sp³-hybridized carbons (Fsp3) is 0.571. The highest BCUT2D eigenvalue weighted by Crippen LogP contribution is 2.14. The average molecular weight is 421 g/mol. The van der Waals surface area contributed by atoms with Crippen LogP contribution in [0.4, 0.5) is 9.59 Å². The van der Waals surface area contributed by atoms with Crippen LogP contribution in [0, 0.1) is 0 Å². The van der Waals surface area contributed by atoms with Gasteiger partial charge in [-0.15, -0.1) is 0 Å². The Kier molecular flexibility index (Phi) is 8.46. The number of hydrogen-bond donors (Lipinski definition) is 2. The van der Waals surface area contributed by atoms with E-state index in [0.717, 1.165) is 5.56 Å². The number of likely N-dealkylation sites (tertiary alicyclic amines) is 1. The zero-order valence-electron chi connectivity index (χ0n) is 18.0. The Morgan fingerprint density at radius 3 is 2.37 bits per heavy atom. The molecule has 0 bridgehead atoms. The third kappa shape index (κ3) is 7.90. The third-order valence-electron chi connectivity index (χ3n) is 4.45. The molecule has 30 heavy (non-hydrogen) atoms. The number of benzene rings is 1. The summed E-state index contributed by atoms with van der Waals surface area (Å²) in [5, 5.41) is 5.56. The smallest absolute Gasteiger partial charge is 0.408 e. The quantitative estimate of drug-likeness (QED) is 0.728. The van der Waals surface area contributed by atoms with Gasteiger partial charge in [-0.25, -0.2) is 9.59 Å². The van der Waals surface area contributed by atoms with Crippen molar-refractivity contribution in [2.24, 2.45) is 0 Å². The summed E-state index contributed by atoms with van der Waals surface area (Å²) in [6.45, 7) is 6.04. The standard InChI is InChI=1S/C21H31N3O6/c1-21(2,3)30-20(27)23-17-12-24(18(25)14-28-4)11-10-16(17)22-19(26)29-13-15-8-6-5-7-9-15/h5-9,16-17H,10-14H2,1-4H3,(H,22,26)(H,23,27)/t16-,17+/m0/s1. The first-order valence-electron chi connectivity index (χ1n) is 9.91. The van der Waals surface area contributed by atoms with E-state index >= 15 is 0 Å². The summed E-state index contributed by atoms with van der Waals surface area (Å²) < 4.78 is 15.5. The predicted molar refractivity (Wildman–Crippen MR) is 110 cm³/mol. The molecule has 1 aliphatic rings. The second-order valence-electron chi connectivity index (χ2n) is 8.13. The Labute approximate surface area is 177 Å². The van der Waals surface area contributed by atoms with Gasteiger partial charge in [0, 0.05) is 20.2 Å². The Bertz CT molecular complexity index is 719. The third-order valence-corrected chi connectivity index (χ3v) is 4.45. The first-order valence-corrected chi connectivity index (χ1v) is 9.91. The molecular weight excluding hydrogens is 390 g/mol. The minimum atomic E-state index is -0.665. The van der Waals surface area contributed by atoms with Crippen molar-refractivity contribution in [1.29, 1.82) is 0 Å². The lowest BCUT2D eigenvalue weighted by molar-refractivity contribution is -0.136. The maximum Gasteiger partial charge on any atom is 0.408 e. The van der Waals surface area contributed by atoms with E-state index in [2.05, 4.69) is 10.6 Å². The summed E-state index contributed by atoms with van der Waals surface area (Å²) in [7, 11) is 1.45. The van der Waals surface area contributed by atoms with Crippen molar-refractivity contribution >= 4 is 18.1 Å². The van der Waals surface area contributed by atoms with Gasteiger partial charge in [0.2, 0.25) is 5.91 Å². The number of carbonyl (C=O) groups is 3. The van der Waals surface area contributed by atoms with Crippen molar-refractivity contribution in [3.8, 4) is 0 Å². The van der Waals surface area contributed by atoms with Crippen LogP contribution in [0.2, 0.25) is 0 Å². The van der Waals surface area contributed by atoms with Crippen molar-refractivity contribution in [1.82, 2.24) is 15.5 Å². The fourth-order valence-corrected chi connectivity index (χ4v) is 3.09. The molecule has 3 amide bonds. The van der Waals surface area contributed by atoms with Gasteiger partial charge >= 0.3 is 12.2 Å². The molecule has 9 nitrogen and oxygen atoms in total. The van der Waals surface area contributed by atoms with Gasteiger partial charge in [-0.3, -0.25) is 4.79 Å². The molecule has 1 aromatic carbocycles. The van der Waals surface area contributed by atoms with E-state index in [-0.39, 0.29) is 25.7 Å². The number of piperidine rings is 1. The Morgan fingerprint density at radius 1 is 1.07 bits per heavy atom. The molecule has 1 aliphatic heterocycles. The summed E-state index contributed by atoms with van der Waals surface area (Å²) in [4.78, 5) is 38.3. The molecule has 0 spiro atoms. The molecule has 1 aromatic rings. The molecule has 0 unspecified atom stereocenters. The van der Waals surface area contributed by atoms with Gasteiger partial charge in [-0.05, 0) is 32.8 Å². The van der Waals surface area contributed by atoms with Crippen molar-refractivity contribution in [3.63, 3.8) is 0 Å². The van der Waals surface area contributed by atoms with E-state index in [9.17, 15) is 14.4 Å². The van der Waals surface area contributed by atoms with E-state index in [1.165, 1.54) is 7.11 Å². The number of nitrogens with zero attached hydrogens (tertiary/aromatic N) is 1. The van der Waals surface area contributed by atoms with Crippen LogP contribution in [0.5, 0.6) is 0 Å². The summed E-state index contributed by atoms with van der Waals surface area (Å²) in [6.07, 6.45) is -0.745. The molecule has 0 aliphatic carbocycles. The average Bonchev–Trinajstić information content (AvgIpc) is 2.67. The lowest BCUT2D eigenvalue weighted by Crippen LogP contribution is -2.62. The largest absolute Gasteiger partial charge is 0.445 e. The van der Waals surface area contributed by atoms with Crippen LogP contribution in [0.25, 0.3) is 0 Å². The van der Waals surface area contributed by atoms with Crippen LogP contribution in [0.15, 0.2) is 30.3 Å². The highest BCUT2D eigenvalue weighted by Gasteiger charge is 2.34. The fourth-order valence-electron chi connectivity index (χ4n) is 3.09. The maximum absolute atomic E-state index is 12.3. The van der Waals surface area contributed by atoms with Crippen LogP contribution in [0.3, 0.4) is 0 Å². The molecule has 1 fully saturated rings. The molecule has 0 radical (unpaired) electrons. The van der Waals surface area contributed by atoms with Gasteiger partial charge in [0.25, 0.3) is 0 Å². The second kappa shape index (κ2) is 10.8. The van der Waals surface area contributed by atoms with E-state index in [1.807, 2.05) is 30.3 Å². The molecular formula is C21H31N3O6. The first kappa shape index (κ1) is 23.5. The van der Waals surface area contributed by atoms with Crippen molar-refractivity contribution in [3.05, 3.63) is 35.9 Å². The first-order chi connectivity index (χ1) is 14.2. The maximum atomic E-state index is 12.3. The van der Waals surface area contributed by atoms with Crippen molar-refractivity contribution in [2.45, 2.75) is 51.5 Å². The SMILES string of the molecule is COCC(=O)N1CC[C@H](NC(=O)OCc2ccccc2)[C@H](NC(=O)OC(C)(C)C)C1. The summed E-state index contributed by atoms with van der Waals surface area (Å²) in [6, 6.07) is 8.40. The van der Waals surface area contributed by atoms with E-state index < -0.39 is 29.9 Å². The Morgan fingerprint density at radius 2 is 1.73 bits per heavy atom. The summed E-state index contributed by atoms with van der Waals surface area (Å²) >= 11 is 0. The van der Waals surface area contributed by atoms with E-state index in [1.54, 1.807) is 25.7 Å². The van der Waals surface area contributed by atoms with Crippen LogP contribution < -0.4 is 10.6 Å². The van der Waals surface area contributed by atoms with E-state index in [0.29, 0.717) is 13.0 Å². The highest BCUT2D eigenvalue weighted by molar-refractivity contribution is 5.78. The number of hydrogen-bond acceptors (Lipinski definition) is 6. The van der Waals surface area contributed by atoms with Gasteiger partial charge in [-0.1, -0.05) is 30.3 Å². The molecule has 0 saturated carbocycles. The second-order valence-corrected chi connectivity index (χ2v) is 8.13. The molecule has 2 rings (SSSR count). The lowest BCUT2D eigenvalue weighted by atomic mass is 9.99. The Hall–Kier alpha value is -2.81. The zero-order valence-corrected chi connectivity index (χ0v) is 18.0. The normalized spacial score (nSPS) is 19.0. The van der Waals surface area contributed by atoms with Crippen LogP contribution >= 0.6 is 0 Å². The summed E-state index contributed by atoms with van der Waals surface area (Å²) in [5.74, 6) is -0.182. The van der Waals surface area contributed by atoms with E-state index in [4.69, 9.17) is 14.2 Å². The van der Waals surface area contributed by atoms with Gasteiger partial charge in [0.05, 0.1) is 12.1 Å². The number of nitrogens with one attached hydrogen (secondary N) is 2. The number of rotatable bonds is 6. The summed E-state index contributed by atoms with van der Waals surface area (Å²) in [5.41, 5.74) is 0.207. The molecule has 9 heteroatoms. The predicted octanol–water partition coefficient (Wildman–Crippen LogP) is 2.05. The lowest BCUT2D eigenvalue weighted by Gasteiger charge is -2.39. The number of amides is 3. The van der Waals surface area contributed by atoms with Gasteiger partial charge in [-0.2, -0.15) is 0 Å². The molecule has 1 saturated heterocycles. The minimum absolute atomic E-state index is 0.0453. The van der Waals surface area contributed by atoms with Gasteiger partial charge in [0.15, 0.2) is 0 Å². The molecule has 0 aromatic heterocycles. The topological polar surface area (TPSA) is 106 Å². The van der Waals surface area contributed by atoms with Crippen LogP contribution in [-0.2, 0) is 25.6 Å².